The number of hydrogen-bond donors (Lipinski definition) is 0. The molecule has 46 heavy (non-hydrogen) atoms. The van der Waals surface area contributed by atoms with Crippen LogP contribution in [0.3, 0.4) is 0 Å². The molecule has 218 valence electrons. The van der Waals surface area contributed by atoms with Crippen molar-refractivity contribution < 1.29 is 0 Å². The van der Waals surface area contributed by atoms with Crippen LogP contribution in [0, 0.1) is 6.92 Å². The summed E-state index contributed by atoms with van der Waals surface area (Å²) in [5, 5.41) is 1.19. The first-order valence-corrected chi connectivity index (χ1v) is 17.4. The van der Waals surface area contributed by atoms with Gasteiger partial charge in [0, 0.05) is 0 Å². The van der Waals surface area contributed by atoms with Gasteiger partial charge >= 0.3 is 278 Å². The SMILES string of the molecule is Cc1n[c]([BiH2])nc(-c2c3c(cc4c2n(-c2ccccc2)c2nc5ccccc5n42)n2c4ccccc4cc2n3-c2ccccc2)n1. The Balaban J connectivity index is 1.56. The number of benzene rings is 5. The molecule has 9 heteroatoms. The van der Waals surface area contributed by atoms with Crippen molar-refractivity contribution in [2.75, 3.05) is 0 Å². The van der Waals surface area contributed by atoms with Crippen molar-refractivity contribution in [1.29, 1.82) is 0 Å². The van der Waals surface area contributed by atoms with E-state index < -0.39 is 0 Å². The average molecular weight is 791 g/mol. The van der Waals surface area contributed by atoms with Crippen molar-refractivity contribution in [3.05, 3.63) is 127 Å². The molecule has 0 unspecified atom stereocenters. The molecule has 0 aliphatic carbocycles. The molecule has 0 bridgehead atoms. The van der Waals surface area contributed by atoms with Gasteiger partial charge in [0.25, 0.3) is 0 Å². The minimum absolute atomic E-state index is 0.461. The van der Waals surface area contributed by atoms with E-state index in [1.165, 1.54) is 5.39 Å². The van der Waals surface area contributed by atoms with E-state index in [2.05, 4.69) is 132 Å². The molecule has 0 spiro atoms. The Hall–Kier alpha value is -5.40. The molecule has 0 atom stereocenters. The van der Waals surface area contributed by atoms with Crippen LogP contribution in [0.15, 0.2) is 121 Å². The summed E-state index contributed by atoms with van der Waals surface area (Å²) in [5.41, 5.74) is 11.4. The van der Waals surface area contributed by atoms with Crippen LogP contribution in [-0.2, 0) is 0 Å². The molecule has 10 rings (SSSR count). The number of aryl methyl sites for hydroxylation is 1. The van der Waals surface area contributed by atoms with Gasteiger partial charge in [0.1, 0.15) is 0 Å². The Morgan fingerprint density at radius 1 is 0.543 bits per heavy atom. The van der Waals surface area contributed by atoms with Crippen LogP contribution >= 0.6 is 0 Å². The summed E-state index contributed by atoms with van der Waals surface area (Å²) in [6.45, 7) is 1.96. The van der Waals surface area contributed by atoms with E-state index >= 15 is 0 Å². The number of fused-ring (bicyclic) bond motifs is 10. The second-order valence-corrected chi connectivity index (χ2v) is 13.5. The molecule has 0 amide bonds. The van der Waals surface area contributed by atoms with Crippen molar-refractivity contribution in [3.63, 3.8) is 0 Å². The van der Waals surface area contributed by atoms with Crippen LogP contribution in [0.2, 0.25) is 0 Å². The second-order valence-electron chi connectivity index (χ2n) is 11.5. The Morgan fingerprint density at radius 3 is 1.93 bits per heavy atom. The number of imidazole rings is 3. The fourth-order valence-corrected chi connectivity index (χ4v) is 8.29. The summed E-state index contributed by atoms with van der Waals surface area (Å²) in [4.78, 5) is 20.0. The normalized spacial score (nSPS) is 12.1. The third-order valence-corrected chi connectivity index (χ3v) is 9.85. The second kappa shape index (κ2) is 9.55. The van der Waals surface area contributed by atoms with Crippen molar-refractivity contribution >= 4 is 83.7 Å². The minimum atomic E-state index is 0.461. The number of hydrogen-bond acceptors (Lipinski definition) is 4. The molecule has 5 aromatic heterocycles. The van der Waals surface area contributed by atoms with Gasteiger partial charge in [0.2, 0.25) is 0 Å². The quantitative estimate of drug-likeness (QED) is 0.200. The first kappa shape index (κ1) is 25.9. The maximum atomic E-state index is 5.22. The van der Waals surface area contributed by atoms with E-state index in [0.29, 0.717) is 30.5 Å². The van der Waals surface area contributed by atoms with Crippen molar-refractivity contribution in [3.8, 4) is 22.8 Å². The monoisotopic (exact) mass is 790 g/mol. The predicted molar refractivity (Wildman–Crippen MR) is 187 cm³/mol. The Bertz CT molecular complexity index is 2640. The molecule has 0 saturated carbocycles. The fourth-order valence-electron chi connectivity index (χ4n) is 7.09. The zero-order valence-corrected chi connectivity index (χ0v) is 29.2. The van der Waals surface area contributed by atoms with Gasteiger partial charge in [-0.25, -0.2) is 0 Å². The zero-order chi connectivity index (χ0) is 30.5. The van der Waals surface area contributed by atoms with E-state index in [1.54, 1.807) is 0 Å². The Labute approximate surface area is 277 Å². The Kier molecular flexibility index (Phi) is 5.37. The van der Waals surface area contributed by atoms with Crippen molar-refractivity contribution in [1.82, 2.24) is 37.9 Å². The number of nitrogens with zero attached hydrogens (tertiary/aromatic N) is 8. The van der Waals surface area contributed by atoms with Crippen LogP contribution < -0.4 is 3.53 Å². The molecule has 5 heterocycles. The molecular weight excluding hydrogens is 765 g/mol. The molecule has 10 aromatic rings. The molecule has 0 aliphatic rings. The number of rotatable bonds is 3. The maximum absolute atomic E-state index is 5.22. The van der Waals surface area contributed by atoms with Gasteiger partial charge in [0.05, 0.1) is 0 Å². The summed E-state index contributed by atoms with van der Waals surface area (Å²) in [5.74, 6) is 2.23. The standard InChI is InChI=1S/C37H23N8.Bi.2H/c1-23-38-22-39-36(40-23)33-34-30(44-28-18-10-8-12-24(28)20-32(44)42(34)25-13-4-2-5-14-25)21-31-35(33)43(26-15-6-3-7-16-26)37-41-27-17-9-11-19-29(27)45(31)37;;;/h2-21H,1H3;;;. The van der Waals surface area contributed by atoms with Gasteiger partial charge in [0.15, 0.2) is 0 Å². The third kappa shape index (κ3) is 3.52. The van der Waals surface area contributed by atoms with E-state index in [4.69, 9.17) is 15.0 Å². The van der Waals surface area contributed by atoms with E-state index in [9.17, 15) is 0 Å². The summed E-state index contributed by atoms with van der Waals surface area (Å²) >= 11 is 0.461. The fraction of sp³-hybridized carbons (Fsp3) is 0.0270. The molecular formula is C37H25BiN8. The predicted octanol–water partition coefficient (Wildman–Crippen LogP) is 6.20. The first-order valence-electron chi connectivity index (χ1n) is 15.1. The average Bonchev–Trinajstić information content (AvgIpc) is 3.80. The van der Waals surface area contributed by atoms with Crippen LogP contribution in [0.5, 0.6) is 0 Å². The molecule has 5 aromatic carbocycles. The van der Waals surface area contributed by atoms with Gasteiger partial charge in [-0.2, -0.15) is 0 Å². The first-order chi connectivity index (χ1) is 22.7. The summed E-state index contributed by atoms with van der Waals surface area (Å²) in [7, 11) is 0. The third-order valence-electron chi connectivity index (χ3n) is 8.84. The van der Waals surface area contributed by atoms with Gasteiger partial charge in [-0.15, -0.1) is 0 Å². The van der Waals surface area contributed by atoms with Crippen LogP contribution in [0.1, 0.15) is 5.82 Å². The van der Waals surface area contributed by atoms with E-state index in [0.717, 1.165) is 76.3 Å². The van der Waals surface area contributed by atoms with E-state index in [1.807, 2.05) is 19.1 Å². The molecule has 0 N–H and O–H groups in total. The summed E-state index contributed by atoms with van der Waals surface area (Å²) in [6, 6.07) is 42.6. The molecule has 0 saturated heterocycles. The van der Waals surface area contributed by atoms with Crippen molar-refractivity contribution in [2.45, 2.75) is 6.92 Å². The summed E-state index contributed by atoms with van der Waals surface area (Å²) in [6.07, 6.45) is 0. The zero-order valence-electron chi connectivity index (χ0n) is 24.7. The van der Waals surface area contributed by atoms with Crippen molar-refractivity contribution in [2.24, 2.45) is 0 Å². The van der Waals surface area contributed by atoms with Gasteiger partial charge < -0.3 is 0 Å². The molecule has 0 radical (unpaired) electrons. The number of aromatic nitrogens is 8. The number of para-hydroxylation sites is 5. The Morgan fingerprint density at radius 2 is 1.17 bits per heavy atom. The van der Waals surface area contributed by atoms with Gasteiger partial charge in [-0.1, -0.05) is 0 Å². The van der Waals surface area contributed by atoms with Crippen LogP contribution in [0.25, 0.3) is 78.2 Å². The summed E-state index contributed by atoms with van der Waals surface area (Å²) < 4.78 is 10.1. The van der Waals surface area contributed by atoms with Crippen LogP contribution in [-0.4, -0.2) is 62.6 Å². The molecule has 8 nitrogen and oxygen atoms in total. The molecule has 0 aliphatic heterocycles. The molecule has 0 fully saturated rings. The van der Waals surface area contributed by atoms with E-state index in [-0.39, 0.29) is 0 Å². The van der Waals surface area contributed by atoms with Crippen LogP contribution in [0.4, 0.5) is 0 Å². The van der Waals surface area contributed by atoms with Gasteiger partial charge in [-0.3, -0.25) is 0 Å². The van der Waals surface area contributed by atoms with Gasteiger partial charge in [-0.05, 0) is 0 Å². The topological polar surface area (TPSA) is 70.2 Å².